The van der Waals surface area contributed by atoms with E-state index in [1.807, 2.05) is 0 Å². The van der Waals surface area contributed by atoms with Crippen molar-refractivity contribution >= 4 is 27.6 Å². The summed E-state index contributed by atoms with van der Waals surface area (Å²) in [5, 5.41) is 21.0. The van der Waals surface area contributed by atoms with Gasteiger partial charge >= 0.3 is 11.9 Å². The monoisotopic (exact) mass is 410 g/mol. The van der Waals surface area contributed by atoms with Gasteiger partial charge in [-0.3, -0.25) is 4.79 Å². The second-order valence-electron chi connectivity index (χ2n) is 6.14. The number of H-pyrrole nitrogens is 1. The minimum absolute atomic E-state index is 0.00139. The number of benzene rings is 1. The van der Waals surface area contributed by atoms with E-state index in [0.717, 1.165) is 0 Å². The molecule has 0 radical (unpaired) electrons. The van der Waals surface area contributed by atoms with Crippen molar-refractivity contribution in [3.63, 3.8) is 0 Å². The van der Waals surface area contributed by atoms with Gasteiger partial charge in [0.1, 0.15) is 6.04 Å². The molecule has 152 valence electrons. The fourth-order valence-electron chi connectivity index (χ4n) is 2.59. The Labute approximate surface area is 162 Å². The quantitative estimate of drug-likeness (QED) is 0.342. The van der Waals surface area contributed by atoms with Crippen LogP contribution in [0.5, 0.6) is 0 Å². The van der Waals surface area contributed by atoms with Crippen LogP contribution < -0.4 is 10.0 Å². The first-order chi connectivity index (χ1) is 13.2. The van der Waals surface area contributed by atoms with Crippen LogP contribution >= 0.6 is 0 Å². The Bertz CT molecular complexity index is 927. The Morgan fingerprint density at radius 1 is 1.29 bits per heavy atom. The lowest BCUT2D eigenvalue weighted by Gasteiger charge is -2.18. The summed E-state index contributed by atoms with van der Waals surface area (Å²) in [5.41, 5.74) is 1.37. The highest BCUT2D eigenvalue weighted by molar-refractivity contribution is 7.89. The van der Waals surface area contributed by atoms with Crippen molar-refractivity contribution in [1.82, 2.24) is 14.7 Å². The van der Waals surface area contributed by atoms with Crippen molar-refractivity contribution in [3.05, 3.63) is 42.0 Å². The first-order valence-corrected chi connectivity index (χ1v) is 9.96. The standard InChI is InChI=1S/C17H22N4O6S/c1-11-13(21-14(17(24)25)8-12-9-18-10-19-12)4-2-5-15(11)28(26,27)20-7-3-6-16(22)23/h2,4-5,9-10,14,20-21H,3,6-8H2,1H3,(H,18,19)(H,22,23)(H,24,25)/t14-/m1/s1. The SMILES string of the molecule is Cc1c(N[C@H](Cc2cnc[nH]2)C(=O)O)cccc1S(=O)(=O)NCCCC(=O)O. The number of aliphatic carboxylic acids is 2. The molecule has 10 nitrogen and oxygen atoms in total. The number of rotatable bonds is 11. The zero-order valence-electron chi connectivity index (χ0n) is 15.2. The molecule has 2 aromatic rings. The van der Waals surface area contributed by atoms with E-state index in [-0.39, 0.29) is 30.7 Å². The second-order valence-corrected chi connectivity index (χ2v) is 7.88. The van der Waals surface area contributed by atoms with E-state index in [9.17, 15) is 23.1 Å². The molecule has 0 aliphatic carbocycles. The number of nitrogens with one attached hydrogen (secondary N) is 3. The molecule has 0 fully saturated rings. The van der Waals surface area contributed by atoms with Crippen LogP contribution in [-0.2, 0) is 26.0 Å². The van der Waals surface area contributed by atoms with Crippen molar-refractivity contribution < 1.29 is 28.2 Å². The van der Waals surface area contributed by atoms with Gasteiger partial charge in [0.25, 0.3) is 0 Å². The predicted molar refractivity (Wildman–Crippen MR) is 101 cm³/mol. The maximum absolute atomic E-state index is 12.5. The van der Waals surface area contributed by atoms with Crippen LogP contribution in [0.3, 0.4) is 0 Å². The number of imidazole rings is 1. The van der Waals surface area contributed by atoms with E-state index in [1.54, 1.807) is 13.0 Å². The molecule has 0 bridgehead atoms. The molecule has 2 rings (SSSR count). The first kappa shape index (κ1) is 21.4. The van der Waals surface area contributed by atoms with Gasteiger partial charge in [-0.2, -0.15) is 0 Å². The summed E-state index contributed by atoms with van der Waals surface area (Å²) in [7, 11) is -3.86. The molecule has 1 heterocycles. The highest BCUT2D eigenvalue weighted by Crippen LogP contribution is 2.24. The Morgan fingerprint density at radius 3 is 2.64 bits per heavy atom. The fourth-order valence-corrected chi connectivity index (χ4v) is 3.93. The van der Waals surface area contributed by atoms with E-state index in [2.05, 4.69) is 20.0 Å². The van der Waals surface area contributed by atoms with E-state index in [0.29, 0.717) is 16.9 Å². The summed E-state index contributed by atoms with van der Waals surface area (Å²) in [5.74, 6) is -2.09. The molecule has 0 saturated heterocycles. The van der Waals surface area contributed by atoms with Gasteiger partial charge in [0.2, 0.25) is 10.0 Å². The summed E-state index contributed by atoms with van der Waals surface area (Å²) in [6.45, 7) is 1.56. The first-order valence-electron chi connectivity index (χ1n) is 8.48. The minimum atomic E-state index is -3.86. The van der Waals surface area contributed by atoms with E-state index >= 15 is 0 Å². The summed E-state index contributed by atoms with van der Waals surface area (Å²) < 4.78 is 27.4. The third kappa shape index (κ3) is 5.79. The van der Waals surface area contributed by atoms with Gasteiger partial charge in [-0.25, -0.2) is 22.9 Å². The Morgan fingerprint density at radius 2 is 2.04 bits per heavy atom. The normalized spacial score (nSPS) is 12.5. The van der Waals surface area contributed by atoms with Crippen molar-refractivity contribution in [2.24, 2.45) is 0 Å². The molecule has 1 aromatic carbocycles. The largest absolute Gasteiger partial charge is 0.481 e. The smallest absolute Gasteiger partial charge is 0.326 e. The number of carboxylic acid groups (broad SMARTS) is 2. The number of carboxylic acids is 2. The van der Waals surface area contributed by atoms with Crippen molar-refractivity contribution in [1.29, 1.82) is 0 Å². The topological polar surface area (TPSA) is 161 Å². The average Bonchev–Trinajstić information content (AvgIpc) is 3.12. The number of hydrogen-bond donors (Lipinski definition) is 5. The zero-order chi connectivity index (χ0) is 20.7. The fraction of sp³-hybridized carbons (Fsp3) is 0.353. The predicted octanol–water partition coefficient (Wildman–Crippen LogP) is 0.969. The molecular formula is C17H22N4O6S. The zero-order valence-corrected chi connectivity index (χ0v) is 16.0. The van der Waals surface area contributed by atoms with Crippen LogP contribution in [0, 0.1) is 6.92 Å². The molecule has 1 aromatic heterocycles. The molecule has 0 unspecified atom stereocenters. The van der Waals surface area contributed by atoms with Crippen molar-refractivity contribution in [3.8, 4) is 0 Å². The van der Waals surface area contributed by atoms with E-state index in [1.165, 1.54) is 24.7 Å². The Kier molecular flexibility index (Phi) is 7.12. The molecule has 0 spiro atoms. The molecule has 0 aliphatic heterocycles. The van der Waals surface area contributed by atoms with E-state index < -0.39 is 28.0 Å². The molecule has 0 aliphatic rings. The van der Waals surface area contributed by atoms with Crippen LogP contribution in [0.1, 0.15) is 24.1 Å². The lowest BCUT2D eigenvalue weighted by Crippen LogP contribution is -2.32. The minimum Gasteiger partial charge on any atom is -0.481 e. The number of aromatic nitrogens is 2. The number of carbonyl (C=O) groups is 2. The van der Waals surface area contributed by atoms with E-state index in [4.69, 9.17) is 5.11 Å². The summed E-state index contributed by atoms with van der Waals surface area (Å²) in [4.78, 5) is 28.8. The molecule has 0 amide bonds. The van der Waals surface area contributed by atoms with Crippen LogP contribution in [-0.4, -0.2) is 53.1 Å². The highest BCUT2D eigenvalue weighted by atomic mass is 32.2. The Balaban J connectivity index is 2.16. The van der Waals surface area contributed by atoms with Gasteiger partial charge < -0.3 is 20.5 Å². The van der Waals surface area contributed by atoms with Gasteiger partial charge in [0.15, 0.2) is 0 Å². The molecule has 0 saturated carbocycles. The lowest BCUT2D eigenvalue weighted by molar-refractivity contribution is -0.138. The molecule has 28 heavy (non-hydrogen) atoms. The van der Waals surface area contributed by atoms with Crippen molar-refractivity contribution in [2.45, 2.75) is 37.1 Å². The van der Waals surface area contributed by atoms with Gasteiger partial charge in [-0.15, -0.1) is 0 Å². The van der Waals surface area contributed by atoms with Crippen molar-refractivity contribution in [2.75, 3.05) is 11.9 Å². The number of aromatic amines is 1. The lowest BCUT2D eigenvalue weighted by atomic mass is 10.1. The number of nitrogens with zero attached hydrogens (tertiary/aromatic N) is 1. The third-order valence-corrected chi connectivity index (χ3v) is 5.65. The summed E-state index contributed by atoms with van der Waals surface area (Å²) in [6.07, 6.45) is 3.13. The Hall–Kier alpha value is -2.92. The van der Waals surface area contributed by atoms with Crippen LogP contribution in [0.15, 0.2) is 35.6 Å². The number of hydrogen-bond acceptors (Lipinski definition) is 6. The van der Waals surface area contributed by atoms with Crippen LogP contribution in [0.2, 0.25) is 0 Å². The third-order valence-electron chi connectivity index (χ3n) is 4.04. The molecular weight excluding hydrogens is 388 g/mol. The summed E-state index contributed by atoms with van der Waals surface area (Å²) >= 11 is 0. The number of anilines is 1. The molecule has 11 heteroatoms. The second kappa shape index (κ2) is 9.33. The van der Waals surface area contributed by atoms with Gasteiger partial charge in [-0.05, 0) is 31.0 Å². The molecule has 5 N–H and O–H groups in total. The average molecular weight is 410 g/mol. The van der Waals surface area contributed by atoms with Crippen LogP contribution in [0.4, 0.5) is 5.69 Å². The maximum atomic E-state index is 12.5. The van der Waals surface area contributed by atoms with Gasteiger partial charge in [0.05, 0.1) is 11.2 Å². The maximum Gasteiger partial charge on any atom is 0.326 e. The van der Waals surface area contributed by atoms with Gasteiger partial charge in [-0.1, -0.05) is 6.07 Å². The van der Waals surface area contributed by atoms with Gasteiger partial charge in [0, 0.05) is 37.0 Å². The number of sulfonamides is 1. The summed E-state index contributed by atoms with van der Waals surface area (Å²) in [6, 6.07) is 3.53. The highest BCUT2D eigenvalue weighted by Gasteiger charge is 2.22. The molecule has 1 atom stereocenters. The van der Waals surface area contributed by atoms with Crippen LogP contribution in [0.25, 0.3) is 0 Å².